The van der Waals surface area contributed by atoms with Crippen molar-refractivity contribution in [2.24, 2.45) is 22.9 Å². The normalized spacial score (nSPS) is 25.2. The topological polar surface area (TPSA) is 107 Å². The molecule has 2 aromatic carbocycles. The molecule has 7 nitrogen and oxygen atoms in total. The van der Waals surface area contributed by atoms with E-state index in [1.165, 1.54) is 44.2 Å². The predicted molar refractivity (Wildman–Crippen MR) is 154 cm³/mol. The zero-order chi connectivity index (χ0) is 26.4. The quantitative estimate of drug-likeness (QED) is 0.222. The number of hydrogen-bond acceptors (Lipinski definition) is 7. The van der Waals surface area contributed by atoms with Gasteiger partial charge in [-0.25, -0.2) is 15.4 Å². The summed E-state index contributed by atoms with van der Waals surface area (Å²) in [5.74, 6) is 2.91. The molecular formula is C31H28N6OS. The van der Waals surface area contributed by atoms with Gasteiger partial charge in [-0.3, -0.25) is 9.78 Å². The van der Waals surface area contributed by atoms with Gasteiger partial charge in [0.2, 0.25) is 5.95 Å². The number of aromatic nitrogens is 3. The highest BCUT2D eigenvalue weighted by Crippen LogP contribution is 2.60. The van der Waals surface area contributed by atoms with Crippen LogP contribution in [0.2, 0.25) is 0 Å². The average molecular weight is 533 g/mol. The van der Waals surface area contributed by atoms with Crippen LogP contribution in [0.5, 0.6) is 0 Å². The fourth-order valence-corrected chi connectivity index (χ4v) is 8.34. The monoisotopic (exact) mass is 532 g/mol. The van der Waals surface area contributed by atoms with Gasteiger partial charge in [0.05, 0.1) is 17.6 Å². The third-order valence-corrected chi connectivity index (χ3v) is 9.60. The molecule has 0 aliphatic heterocycles. The Morgan fingerprint density at radius 3 is 2.33 bits per heavy atom. The second-order valence-electron chi connectivity index (χ2n) is 11.3. The number of hydrogen-bond donors (Lipinski definition) is 2. The largest absolute Gasteiger partial charge is 0.290 e. The Balaban J connectivity index is 1.06. The van der Waals surface area contributed by atoms with E-state index in [-0.39, 0.29) is 11.5 Å². The number of anilines is 1. The number of hydrazone groups is 1. The third-order valence-electron chi connectivity index (χ3n) is 8.71. The van der Waals surface area contributed by atoms with E-state index in [2.05, 4.69) is 38.0 Å². The van der Waals surface area contributed by atoms with E-state index in [9.17, 15) is 10.1 Å². The summed E-state index contributed by atoms with van der Waals surface area (Å²) >= 11 is 1.75. The van der Waals surface area contributed by atoms with Gasteiger partial charge in [-0.05, 0) is 61.8 Å². The van der Waals surface area contributed by atoms with Gasteiger partial charge in [0.1, 0.15) is 16.6 Å². The van der Waals surface area contributed by atoms with Crippen LogP contribution in [0, 0.1) is 29.1 Å². The number of nitrogens with one attached hydrogen (secondary N) is 2. The molecule has 4 aromatic rings. The van der Waals surface area contributed by atoms with Crippen molar-refractivity contribution in [2.45, 2.75) is 43.9 Å². The molecule has 8 rings (SSSR count). The minimum Gasteiger partial charge on any atom is -0.290 e. The van der Waals surface area contributed by atoms with Crippen molar-refractivity contribution in [3.8, 4) is 27.9 Å². The van der Waals surface area contributed by atoms with E-state index in [1.807, 2.05) is 48.5 Å². The van der Waals surface area contributed by atoms with Gasteiger partial charge >= 0.3 is 0 Å². The molecule has 0 saturated heterocycles. The van der Waals surface area contributed by atoms with E-state index >= 15 is 0 Å². The summed E-state index contributed by atoms with van der Waals surface area (Å²) in [5.41, 5.74) is 6.94. The van der Waals surface area contributed by atoms with Crippen LogP contribution in [0.25, 0.3) is 21.8 Å². The molecule has 194 valence electrons. The molecule has 0 radical (unpaired) electrons. The lowest BCUT2D eigenvalue weighted by Gasteiger charge is -2.56. The molecular weight excluding hydrogens is 504 g/mol. The minimum atomic E-state index is -0.509. The van der Waals surface area contributed by atoms with E-state index in [0.717, 1.165) is 33.9 Å². The predicted octanol–water partition coefficient (Wildman–Crippen LogP) is 6.35. The Morgan fingerprint density at radius 1 is 0.974 bits per heavy atom. The maximum Gasteiger partial charge on any atom is 0.270 e. The molecule has 4 saturated carbocycles. The van der Waals surface area contributed by atoms with Gasteiger partial charge in [-0.15, -0.1) is 11.3 Å². The Kier molecular flexibility index (Phi) is 5.89. The van der Waals surface area contributed by atoms with Gasteiger partial charge < -0.3 is 0 Å². The first-order chi connectivity index (χ1) is 19.1. The second-order valence-corrected chi connectivity index (χ2v) is 12.2. The van der Waals surface area contributed by atoms with E-state index in [1.54, 1.807) is 17.6 Å². The minimum absolute atomic E-state index is 0.0279. The van der Waals surface area contributed by atoms with Crippen molar-refractivity contribution < 1.29 is 0 Å². The van der Waals surface area contributed by atoms with Crippen LogP contribution in [-0.4, -0.2) is 21.2 Å². The van der Waals surface area contributed by atoms with Crippen molar-refractivity contribution >= 4 is 23.5 Å². The maximum atomic E-state index is 12.4. The summed E-state index contributed by atoms with van der Waals surface area (Å²) in [6.45, 7) is 0. The van der Waals surface area contributed by atoms with Crippen LogP contribution in [0.4, 0.5) is 5.95 Å². The maximum absolute atomic E-state index is 12.4. The molecule has 2 aromatic heterocycles. The van der Waals surface area contributed by atoms with Gasteiger partial charge in [0.15, 0.2) is 0 Å². The standard InChI is InChI=1S/C31H28N6OS/c32-16-25-27(23-4-2-1-3-5-23)35-30(36-28(25)38)37-33-17-19-6-8-24(9-7-19)29-34-26(18-39-29)31-13-20-10-21(14-31)12-22(11-20)15-31/h1-9,17-18,20-22H,10-15H2,(H2,35,36,37,38). The van der Waals surface area contributed by atoms with Gasteiger partial charge in [-0.1, -0.05) is 54.6 Å². The van der Waals surface area contributed by atoms with Crippen LogP contribution >= 0.6 is 11.3 Å². The van der Waals surface area contributed by atoms with Crippen LogP contribution in [-0.2, 0) is 5.41 Å². The summed E-state index contributed by atoms with van der Waals surface area (Å²) in [5, 5.41) is 17.1. The van der Waals surface area contributed by atoms with E-state index in [0.29, 0.717) is 16.7 Å². The van der Waals surface area contributed by atoms with Crippen molar-refractivity contribution in [1.29, 1.82) is 5.26 Å². The fourth-order valence-electron chi connectivity index (χ4n) is 7.39. The van der Waals surface area contributed by atoms with E-state index in [4.69, 9.17) is 4.98 Å². The highest BCUT2D eigenvalue weighted by Gasteiger charge is 2.52. The molecule has 0 amide bonds. The lowest BCUT2D eigenvalue weighted by Crippen LogP contribution is -2.48. The molecule has 4 fully saturated rings. The number of rotatable bonds is 6. The average Bonchev–Trinajstić information content (AvgIpc) is 3.45. The molecule has 4 aliphatic carbocycles. The van der Waals surface area contributed by atoms with Crippen LogP contribution in [0.15, 0.2) is 69.9 Å². The third kappa shape index (κ3) is 4.47. The molecule has 39 heavy (non-hydrogen) atoms. The second kappa shape index (κ2) is 9.58. The fraction of sp³-hybridized carbons (Fsp3) is 0.323. The summed E-state index contributed by atoms with van der Waals surface area (Å²) in [7, 11) is 0. The van der Waals surface area contributed by atoms with E-state index < -0.39 is 5.56 Å². The Bertz CT molecular complexity index is 1610. The van der Waals surface area contributed by atoms with Crippen LogP contribution in [0.1, 0.15) is 55.3 Å². The number of aromatic amines is 1. The molecule has 2 N–H and O–H groups in total. The van der Waals surface area contributed by atoms with Crippen molar-refractivity contribution in [3.05, 3.63) is 87.2 Å². The zero-order valence-corrected chi connectivity index (χ0v) is 22.2. The van der Waals surface area contributed by atoms with Crippen molar-refractivity contribution in [1.82, 2.24) is 15.0 Å². The molecule has 4 bridgehead atoms. The van der Waals surface area contributed by atoms with Crippen molar-refractivity contribution in [2.75, 3.05) is 5.43 Å². The summed E-state index contributed by atoms with van der Waals surface area (Å²) in [6.07, 6.45) is 10.00. The molecule has 8 heteroatoms. The lowest BCUT2D eigenvalue weighted by atomic mass is 9.49. The molecule has 0 spiro atoms. The highest BCUT2D eigenvalue weighted by atomic mass is 32.1. The molecule has 0 unspecified atom stereocenters. The van der Waals surface area contributed by atoms with Gasteiger partial charge in [0, 0.05) is 21.9 Å². The highest BCUT2D eigenvalue weighted by molar-refractivity contribution is 7.13. The smallest absolute Gasteiger partial charge is 0.270 e. The molecule has 0 atom stereocenters. The summed E-state index contributed by atoms with van der Waals surface area (Å²) in [4.78, 5) is 24.6. The van der Waals surface area contributed by atoms with Gasteiger partial charge in [-0.2, -0.15) is 10.4 Å². The Hall–Kier alpha value is -4.09. The first kappa shape index (κ1) is 24.0. The number of H-pyrrole nitrogens is 1. The van der Waals surface area contributed by atoms with Crippen LogP contribution < -0.4 is 11.0 Å². The molecule has 2 heterocycles. The molecule has 4 aliphatic rings. The van der Waals surface area contributed by atoms with Crippen LogP contribution in [0.3, 0.4) is 0 Å². The first-order valence-electron chi connectivity index (χ1n) is 13.5. The number of thiazole rings is 1. The Morgan fingerprint density at radius 2 is 1.67 bits per heavy atom. The summed E-state index contributed by atoms with van der Waals surface area (Å²) in [6, 6.07) is 19.3. The summed E-state index contributed by atoms with van der Waals surface area (Å²) < 4.78 is 0. The van der Waals surface area contributed by atoms with Gasteiger partial charge in [0.25, 0.3) is 5.56 Å². The van der Waals surface area contributed by atoms with Crippen molar-refractivity contribution in [3.63, 3.8) is 0 Å². The first-order valence-corrected chi connectivity index (χ1v) is 14.4. The number of nitriles is 1. The zero-order valence-electron chi connectivity index (χ0n) is 21.4. The number of benzene rings is 2. The Labute approximate surface area is 230 Å². The lowest BCUT2D eigenvalue weighted by molar-refractivity contribution is -0.00689. The SMILES string of the molecule is N#Cc1c(-c2ccccc2)nc(NN=Cc2ccc(-c3nc(C45CC6CC(CC(C6)C4)C5)cs3)cc2)[nH]c1=O. The number of nitrogens with zero attached hydrogens (tertiary/aromatic N) is 4.